The van der Waals surface area contributed by atoms with Gasteiger partial charge in [0.1, 0.15) is 6.54 Å². The normalized spacial score (nSPS) is 28.1. The highest BCUT2D eigenvalue weighted by Gasteiger charge is 2.46. The molecule has 164 valence electrons. The van der Waals surface area contributed by atoms with Crippen molar-refractivity contribution in [2.75, 3.05) is 34.3 Å². The number of allylic oxidation sites excluding steroid dienone is 1. The molecule has 0 saturated carbocycles. The molecule has 0 spiro atoms. The molecule has 5 atom stereocenters. The molecule has 0 aliphatic carbocycles. The van der Waals surface area contributed by atoms with Crippen molar-refractivity contribution in [1.82, 2.24) is 4.90 Å². The Balaban J connectivity index is 2.14. The molecule has 1 N–H and O–H groups in total. The lowest BCUT2D eigenvalue weighted by atomic mass is 10.00. The largest absolute Gasteiger partial charge is 0.457 e. The van der Waals surface area contributed by atoms with Crippen molar-refractivity contribution in [2.24, 2.45) is 5.92 Å². The Bertz CT molecular complexity index is 654. The van der Waals surface area contributed by atoms with Gasteiger partial charge in [-0.05, 0) is 6.42 Å². The molecule has 0 aromatic rings. The molecule has 8 nitrogen and oxygen atoms in total. The lowest BCUT2D eigenvalue weighted by Crippen LogP contribution is -2.43. The van der Waals surface area contributed by atoms with Crippen molar-refractivity contribution in [2.45, 2.75) is 58.2 Å². The minimum absolute atomic E-state index is 0.168. The average molecular weight is 412 g/mol. The van der Waals surface area contributed by atoms with Gasteiger partial charge in [-0.2, -0.15) is 0 Å². The first-order valence-corrected chi connectivity index (χ1v) is 10.2. The van der Waals surface area contributed by atoms with Gasteiger partial charge in [-0.3, -0.25) is 4.79 Å². The van der Waals surface area contributed by atoms with E-state index >= 15 is 0 Å². The number of carbonyl (C=O) groups excluding carboxylic acids is 2. The Kier molecular flexibility index (Phi) is 7.85. The summed E-state index contributed by atoms with van der Waals surface area (Å²) in [5.74, 6) is -0.944. The molecule has 0 aromatic carbocycles. The van der Waals surface area contributed by atoms with Crippen LogP contribution in [0.15, 0.2) is 24.0 Å². The van der Waals surface area contributed by atoms with Crippen molar-refractivity contribution in [3.63, 3.8) is 0 Å². The minimum atomic E-state index is -0.612. The first kappa shape index (κ1) is 23.4. The smallest absolute Gasteiger partial charge is 0.336 e. The summed E-state index contributed by atoms with van der Waals surface area (Å²) in [6.07, 6.45) is 4.76. The van der Waals surface area contributed by atoms with Gasteiger partial charge in [0.2, 0.25) is 0 Å². The van der Waals surface area contributed by atoms with E-state index in [-0.39, 0.29) is 24.6 Å². The molecule has 2 rings (SSSR count). The summed E-state index contributed by atoms with van der Waals surface area (Å²) >= 11 is 0. The van der Waals surface area contributed by atoms with Gasteiger partial charge in [0.25, 0.3) is 0 Å². The van der Waals surface area contributed by atoms with Crippen LogP contribution in [0.1, 0.15) is 33.6 Å². The fourth-order valence-corrected chi connectivity index (χ4v) is 3.62. The van der Waals surface area contributed by atoms with Crippen LogP contribution in [-0.4, -0.2) is 85.3 Å². The maximum atomic E-state index is 12.7. The summed E-state index contributed by atoms with van der Waals surface area (Å²) in [5, 5.41) is 9.57. The van der Waals surface area contributed by atoms with Gasteiger partial charge in [-0.1, -0.05) is 19.9 Å². The molecule has 1 fully saturated rings. The molecule has 2 aliphatic rings. The predicted molar refractivity (Wildman–Crippen MR) is 107 cm³/mol. The molecule has 0 radical (unpaired) electrons. The number of likely N-dealkylation sites (N-methyl/N-ethyl adjacent to an activating group) is 1. The molecule has 0 unspecified atom stereocenters. The number of ether oxygens (including phenoxy) is 3. The minimum Gasteiger partial charge on any atom is -0.457 e. The number of esters is 2. The van der Waals surface area contributed by atoms with Crippen LogP contribution in [0.4, 0.5) is 0 Å². The number of nitrogens with zero attached hydrogens (tertiary/aromatic N) is 2. The third kappa shape index (κ3) is 6.29. The number of aliphatic hydroxyl groups excluding tert-OH is 1. The molecule has 8 heteroatoms. The average Bonchev–Trinajstić information content (AvgIpc) is 2.95. The monoisotopic (exact) mass is 411 g/mol. The molecular formula is C21H35N2O6+. The van der Waals surface area contributed by atoms with Gasteiger partial charge < -0.3 is 28.7 Å². The van der Waals surface area contributed by atoms with Gasteiger partial charge in [0.05, 0.1) is 39.4 Å². The van der Waals surface area contributed by atoms with Gasteiger partial charge in [-0.15, -0.1) is 0 Å². The summed E-state index contributed by atoms with van der Waals surface area (Å²) in [7, 11) is 6.19. The van der Waals surface area contributed by atoms with Crippen molar-refractivity contribution in [1.29, 1.82) is 0 Å². The number of carbonyl (C=O) groups is 2. The Morgan fingerprint density at radius 1 is 1.38 bits per heavy atom. The van der Waals surface area contributed by atoms with E-state index in [4.69, 9.17) is 14.2 Å². The lowest BCUT2D eigenvalue weighted by molar-refractivity contribution is -0.873. The maximum Gasteiger partial charge on any atom is 0.336 e. The molecule has 0 amide bonds. The van der Waals surface area contributed by atoms with E-state index in [1.807, 2.05) is 19.9 Å². The van der Waals surface area contributed by atoms with Crippen molar-refractivity contribution < 1.29 is 33.4 Å². The van der Waals surface area contributed by atoms with Crippen LogP contribution in [0.5, 0.6) is 0 Å². The predicted octanol–water partition coefficient (Wildman–Crippen LogP) is 1.40. The van der Waals surface area contributed by atoms with Gasteiger partial charge >= 0.3 is 11.9 Å². The fourth-order valence-electron chi connectivity index (χ4n) is 3.62. The second-order valence-corrected chi connectivity index (χ2v) is 8.78. The Hall–Kier alpha value is -1.90. The van der Waals surface area contributed by atoms with Crippen molar-refractivity contribution >= 4 is 11.9 Å². The molecule has 0 bridgehead atoms. The third-order valence-corrected chi connectivity index (χ3v) is 5.14. The van der Waals surface area contributed by atoms with Crippen LogP contribution in [0.3, 0.4) is 0 Å². The summed E-state index contributed by atoms with van der Waals surface area (Å²) < 4.78 is 17.8. The lowest BCUT2D eigenvalue weighted by Gasteiger charge is -2.31. The van der Waals surface area contributed by atoms with Gasteiger partial charge in [-0.25, -0.2) is 4.79 Å². The zero-order valence-electron chi connectivity index (χ0n) is 18.3. The topological polar surface area (TPSA) is 85.3 Å². The summed E-state index contributed by atoms with van der Waals surface area (Å²) in [6.45, 7) is 5.78. The maximum absolute atomic E-state index is 12.7. The number of hydrogen-bond donors (Lipinski definition) is 1. The Morgan fingerprint density at radius 3 is 2.62 bits per heavy atom. The standard InChI is InChI=1S/C21H35N2O6/c1-7-17(12-23(4,5)6)28-21(26)16-9-8-10-22(11-16)20-19(27-15(3)25)14(2)18(13-24)29-20/h8,10-11,14,17-20,24H,7,9,12-13H2,1-6H3/q+1/t14-,17-,18-,19-,20-/m1/s1. The van der Waals surface area contributed by atoms with Crippen LogP contribution >= 0.6 is 0 Å². The highest BCUT2D eigenvalue weighted by atomic mass is 16.6. The molecule has 1 saturated heterocycles. The number of hydrogen-bond acceptors (Lipinski definition) is 7. The van der Waals surface area contributed by atoms with E-state index in [9.17, 15) is 14.7 Å². The van der Waals surface area contributed by atoms with Crippen LogP contribution in [0.2, 0.25) is 0 Å². The molecule has 0 aromatic heterocycles. The van der Waals surface area contributed by atoms with E-state index in [0.717, 1.165) is 13.0 Å². The van der Waals surface area contributed by atoms with Crippen molar-refractivity contribution in [3.05, 3.63) is 24.0 Å². The van der Waals surface area contributed by atoms with Crippen LogP contribution in [0.25, 0.3) is 0 Å². The van der Waals surface area contributed by atoms with E-state index < -0.39 is 24.4 Å². The van der Waals surface area contributed by atoms with Crippen LogP contribution in [-0.2, 0) is 23.8 Å². The second kappa shape index (κ2) is 9.73. The summed E-state index contributed by atoms with van der Waals surface area (Å²) in [6, 6.07) is 0. The van der Waals surface area contributed by atoms with E-state index in [1.165, 1.54) is 6.92 Å². The molecule has 29 heavy (non-hydrogen) atoms. The molecule has 2 aliphatic heterocycles. The molecular weight excluding hydrogens is 376 g/mol. The SMILES string of the molecule is CC[C@H](C[N+](C)(C)C)OC(=O)C1=CN([C@@H]2O[C@H](CO)[C@@H](C)[C@H]2OC(C)=O)C=CC1. The number of quaternary nitrogens is 1. The van der Waals surface area contributed by atoms with E-state index in [1.54, 1.807) is 17.3 Å². The van der Waals surface area contributed by atoms with Crippen LogP contribution < -0.4 is 0 Å². The Labute approximate surface area is 173 Å². The highest BCUT2D eigenvalue weighted by molar-refractivity contribution is 5.89. The van der Waals surface area contributed by atoms with Gasteiger partial charge in [0.15, 0.2) is 18.4 Å². The third-order valence-electron chi connectivity index (χ3n) is 5.14. The second-order valence-electron chi connectivity index (χ2n) is 8.78. The van der Waals surface area contributed by atoms with Crippen LogP contribution in [0, 0.1) is 5.92 Å². The first-order valence-electron chi connectivity index (χ1n) is 10.2. The first-order chi connectivity index (χ1) is 13.6. The fraction of sp³-hybridized carbons (Fsp3) is 0.714. The summed E-state index contributed by atoms with van der Waals surface area (Å²) in [5.41, 5.74) is 0.512. The number of aliphatic hydroxyl groups is 1. The summed E-state index contributed by atoms with van der Waals surface area (Å²) in [4.78, 5) is 26.0. The zero-order chi connectivity index (χ0) is 21.8. The zero-order valence-corrected chi connectivity index (χ0v) is 18.3. The highest BCUT2D eigenvalue weighted by Crippen LogP contribution is 2.33. The Morgan fingerprint density at radius 2 is 2.07 bits per heavy atom. The van der Waals surface area contributed by atoms with E-state index in [2.05, 4.69) is 21.1 Å². The van der Waals surface area contributed by atoms with Gasteiger partial charge in [0, 0.05) is 31.7 Å². The quantitative estimate of drug-likeness (QED) is 0.477. The number of rotatable bonds is 8. The molecule has 2 heterocycles. The van der Waals surface area contributed by atoms with Crippen molar-refractivity contribution in [3.8, 4) is 0 Å². The van der Waals surface area contributed by atoms with E-state index in [0.29, 0.717) is 16.5 Å².